The lowest BCUT2D eigenvalue weighted by Crippen LogP contribution is -2.57. The van der Waals surface area contributed by atoms with Gasteiger partial charge in [0.25, 0.3) is 0 Å². The molecule has 5 rings (SSSR count). The van der Waals surface area contributed by atoms with Gasteiger partial charge in [-0.05, 0) is 53.4 Å². The van der Waals surface area contributed by atoms with E-state index in [9.17, 15) is 9.90 Å². The first kappa shape index (κ1) is 17.7. The molecule has 0 atom stereocenters. The van der Waals surface area contributed by atoms with Crippen molar-refractivity contribution in [3.63, 3.8) is 0 Å². The number of nitrogens with one attached hydrogen (secondary N) is 1. The lowest BCUT2D eigenvalue weighted by Gasteiger charge is -2.60. The number of ether oxygens (including phenoxy) is 1. The van der Waals surface area contributed by atoms with Crippen LogP contribution in [0.1, 0.15) is 49.1 Å². The highest BCUT2D eigenvalue weighted by Crippen LogP contribution is 2.64. The fourth-order valence-corrected chi connectivity index (χ4v) is 5.77. The number of aliphatic hydroxyl groups excluding tert-OH is 1. The van der Waals surface area contributed by atoms with Crippen molar-refractivity contribution in [1.82, 2.24) is 5.32 Å². The van der Waals surface area contributed by atoms with Crippen LogP contribution in [0, 0.1) is 10.8 Å². The van der Waals surface area contributed by atoms with Crippen molar-refractivity contribution in [1.29, 1.82) is 0 Å². The van der Waals surface area contributed by atoms with E-state index in [0.717, 1.165) is 12.8 Å². The van der Waals surface area contributed by atoms with Crippen LogP contribution in [0.2, 0.25) is 0 Å². The van der Waals surface area contributed by atoms with Crippen molar-refractivity contribution in [2.24, 2.45) is 10.8 Å². The van der Waals surface area contributed by atoms with Gasteiger partial charge in [0.2, 0.25) is 0 Å². The number of hydrogen-bond donors (Lipinski definition) is 2. The van der Waals surface area contributed by atoms with Crippen LogP contribution < -0.4 is 5.32 Å². The van der Waals surface area contributed by atoms with Gasteiger partial charge in [-0.1, -0.05) is 55.0 Å². The molecule has 2 aromatic carbocycles. The van der Waals surface area contributed by atoms with Crippen molar-refractivity contribution >= 4 is 6.09 Å². The van der Waals surface area contributed by atoms with Crippen molar-refractivity contribution in [3.05, 3.63) is 59.7 Å². The number of fused-ring (bicyclic) bond motifs is 3. The monoisotopic (exact) mass is 377 g/mol. The molecule has 2 N–H and O–H groups in total. The zero-order chi connectivity index (χ0) is 19.2. The Labute approximate surface area is 165 Å². The minimum Gasteiger partial charge on any atom is -0.449 e. The molecule has 1 amide bonds. The van der Waals surface area contributed by atoms with E-state index >= 15 is 0 Å². The second-order valence-electron chi connectivity index (χ2n) is 9.04. The summed E-state index contributed by atoms with van der Waals surface area (Å²) < 4.78 is 5.61. The summed E-state index contributed by atoms with van der Waals surface area (Å²) in [5.74, 6) is 0.0758. The van der Waals surface area contributed by atoms with E-state index in [2.05, 4.69) is 29.6 Å². The average molecular weight is 377 g/mol. The molecule has 0 saturated heterocycles. The number of carbonyl (C=O) groups excluding carboxylic acids is 1. The van der Waals surface area contributed by atoms with Crippen LogP contribution in [0.4, 0.5) is 4.79 Å². The highest BCUT2D eigenvalue weighted by atomic mass is 16.5. The van der Waals surface area contributed by atoms with Crippen LogP contribution in [-0.4, -0.2) is 31.0 Å². The second kappa shape index (κ2) is 6.63. The third-order valence-electron chi connectivity index (χ3n) is 7.20. The van der Waals surface area contributed by atoms with Crippen molar-refractivity contribution in [3.8, 4) is 11.1 Å². The predicted octanol–water partition coefficient (Wildman–Crippen LogP) is 4.47. The van der Waals surface area contributed by atoms with Gasteiger partial charge in [-0.25, -0.2) is 4.79 Å². The van der Waals surface area contributed by atoms with Crippen molar-refractivity contribution in [2.45, 2.75) is 38.0 Å². The van der Waals surface area contributed by atoms with E-state index in [0.29, 0.717) is 18.6 Å². The second-order valence-corrected chi connectivity index (χ2v) is 9.04. The number of carbonyl (C=O) groups is 1. The molecular formula is C24H27NO3. The summed E-state index contributed by atoms with van der Waals surface area (Å²) >= 11 is 0. The maximum Gasteiger partial charge on any atom is 0.407 e. The summed E-state index contributed by atoms with van der Waals surface area (Å²) in [5.41, 5.74) is 5.21. The fourth-order valence-electron chi connectivity index (χ4n) is 5.77. The Morgan fingerprint density at radius 2 is 1.64 bits per heavy atom. The first-order valence-corrected chi connectivity index (χ1v) is 10.3. The van der Waals surface area contributed by atoms with Crippen LogP contribution in [0.15, 0.2) is 48.5 Å². The van der Waals surface area contributed by atoms with E-state index in [-0.39, 0.29) is 24.0 Å². The molecule has 0 bridgehead atoms. The Morgan fingerprint density at radius 3 is 2.18 bits per heavy atom. The van der Waals surface area contributed by atoms with Gasteiger partial charge in [-0.2, -0.15) is 0 Å². The predicted molar refractivity (Wildman–Crippen MR) is 108 cm³/mol. The quantitative estimate of drug-likeness (QED) is 0.808. The molecule has 146 valence electrons. The topological polar surface area (TPSA) is 58.6 Å². The third kappa shape index (κ3) is 2.82. The van der Waals surface area contributed by atoms with Gasteiger partial charge < -0.3 is 15.2 Å². The largest absolute Gasteiger partial charge is 0.449 e. The highest BCUT2D eigenvalue weighted by Gasteiger charge is 2.56. The molecule has 1 spiro atoms. The van der Waals surface area contributed by atoms with E-state index < -0.39 is 0 Å². The molecule has 4 heteroatoms. The van der Waals surface area contributed by atoms with Crippen LogP contribution in [0.5, 0.6) is 0 Å². The van der Waals surface area contributed by atoms with Gasteiger partial charge in [-0.3, -0.25) is 0 Å². The molecule has 2 saturated carbocycles. The molecular weight excluding hydrogens is 350 g/mol. The molecule has 4 nitrogen and oxygen atoms in total. The molecule has 3 aliphatic carbocycles. The maximum atomic E-state index is 12.4. The zero-order valence-corrected chi connectivity index (χ0v) is 16.1. The normalized spacial score (nSPS) is 20.6. The average Bonchev–Trinajstić information content (AvgIpc) is 2.98. The number of alkyl carbamates (subject to hydrolysis) is 1. The molecule has 28 heavy (non-hydrogen) atoms. The minimum atomic E-state index is -0.385. The molecule has 3 aliphatic rings. The van der Waals surface area contributed by atoms with Gasteiger partial charge in [-0.15, -0.1) is 0 Å². The fraction of sp³-hybridized carbons (Fsp3) is 0.458. The van der Waals surface area contributed by atoms with Crippen LogP contribution in [0.3, 0.4) is 0 Å². The van der Waals surface area contributed by atoms with E-state index in [4.69, 9.17) is 4.74 Å². The summed E-state index contributed by atoms with van der Waals surface area (Å²) in [6.07, 6.45) is 5.53. The number of hydrogen-bond acceptors (Lipinski definition) is 3. The van der Waals surface area contributed by atoms with E-state index in [1.54, 1.807) is 0 Å². The maximum absolute atomic E-state index is 12.4. The van der Waals surface area contributed by atoms with Gasteiger partial charge in [0.15, 0.2) is 0 Å². The smallest absolute Gasteiger partial charge is 0.407 e. The number of amides is 1. The summed E-state index contributed by atoms with van der Waals surface area (Å²) in [6.45, 7) is 0.969. The molecule has 0 radical (unpaired) electrons. The lowest BCUT2D eigenvalue weighted by atomic mass is 9.45. The third-order valence-corrected chi connectivity index (χ3v) is 7.20. The summed E-state index contributed by atoms with van der Waals surface area (Å²) in [4.78, 5) is 12.4. The first-order chi connectivity index (χ1) is 13.6. The standard InChI is InChI=1S/C24H27NO3/c26-16-24(13-23(14-24)10-5-11-23)15-25-22(27)28-12-21-19-8-3-1-6-17(19)18-7-2-4-9-20(18)21/h1-4,6-9,21,26H,5,10-16H2,(H,25,27). The Bertz CT molecular complexity index is 849. The van der Waals surface area contributed by atoms with Gasteiger partial charge in [0.05, 0.1) is 6.61 Å². The highest BCUT2D eigenvalue weighted by molar-refractivity contribution is 5.79. The lowest BCUT2D eigenvalue weighted by molar-refractivity contribution is -0.118. The molecule has 2 fully saturated rings. The number of aliphatic hydroxyl groups is 1. The number of benzene rings is 2. The van der Waals surface area contributed by atoms with Crippen LogP contribution >= 0.6 is 0 Å². The Kier molecular flexibility index (Phi) is 4.20. The summed E-state index contributed by atoms with van der Waals surface area (Å²) in [5, 5.41) is 12.7. The zero-order valence-electron chi connectivity index (χ0n) is 16.1. The summed E-state index contributed by atoms with van der Waals surface area (Å²) in [7, 11) is 0. The summed E-state index contributed by atoms with van der Waals surface area (Å²) in [6, 6.07) is 16.7. The van der Waals surface area contributed by atoms with E-state index in [1.807, 2.05) is 24.3 Å². The SMILES string of the molecule is O=C(NCC1(CO)CC2(CCC2)C1)OCC1c2ccccc2-c2ccccc21. The molecule has 0 unspecified atom stereocenters. The van der Waals surface area contributed by atoms with Crippen molar-refractivity contribution in [2.75, 3.05) is 19.8 Å². The van der Waals surface area contributed by atoms with Crippen LogP contribution in [-0.2, 0) is 4.74 Å². The van der Waals surface area contributed by atoms with Gasteiger partial charge in [0, 0.05) is 17.9 Å². The first-order valence-electron chi connectivity index (χ1n) is 10.3. The van der Waals surface area contributed by atoms with Crippen molar-refractivity contribution < 1.29 is 14.6 Å². The molecule has 0 aromatic heterocycles. The van der Waals surface area contributed by atoms with Gasteiger partial charge >= 0.3 is 6.09 Å². The molecule has 0 aliphatic heterocycles. The van der Waals surface area contributed by atoms with Gasteiger partial charge in [0.1, 0.15) is 6.61 Å². The molecule has 2 aromatic rings. The number of rotatable bonds is 5. The Hall–Kier alpha value is -2.33. The minimum absolute atomic E-state index is 0.0758. The molecule has 0 heterocycles. The van der Waals surface area contributed by atoms with E-state index in [1.165, 1.54) is 41.5 Å². The Balaban J connectivity index is 1.20. The Morgan fingerprint density at radius 1 is 1.04 bits per heavy atom. The van der Waals surface area contributed by atoms with Crippen LogP contribution in [0.25, 0.3) is 11.1 Å².